The topological polar surface area (TPSA) is 0 Å². The van der Waals surface area contributed by atoms with Crippen molar-refractivity contribution in [2.45, 2.75) is 31.5 Å². The maximum atomic E-state index is 16.6. The summed E-state index contributed by atoms with van der Waals surface area (Å²) in [4.78, 5) is 0. The smallest absolute Gasteiger partial charge is 0.206 e. The Balaban J connectivity index is 1.96. The largest absolute Gasteiger partial charge is 0.340 e. The third-order valence-electron chi connectivity index (χ3n) is 6.80. The molecule has 0 radical (unpaired) electrons. The predicted octanol–water partition coefficient (Wildman–Crippen LogP) is 9.93. The Morgan fingerprint density at radius 2 is 1.11 bits per heavy atom. The van der Waals surface area contributed by atoms with Crippen molar-refractivity contribution in [1.82, 2.24) is 0 Å². The van der Waals surface area contributed by atoms with E-state index in [-0.39, 0.29) is 16.7 Å². The second kappa shape index (κ2) is 8.80. The molecular formula is C31H25F5Si. The first-order valence-corrected chi connectivity index (χ1v) is 15.5. The Labute approximate surface area is 214 Å². The van der Waals surface area contributed by atoms with Crippen LogP contribution in [-0.2, 0) is 11.8 Å². The van der Waals surface area contributed by atoms with E-state index in [9.17, 15) is 0 Å². The fraction of sp³-hybridized carbons (Fsp3) is 0.161. The summed E-state index contributed by atoms with van der Waals surface area (Å²) in [5, 5.41) is 0.441. The summed E-state index contributed by atoms with van der Waals surface area (Å²) in [6.45, 7) is 5.93. The minimum atomic E-state index is -4.55. The van der Waals surface area contributed by atoms with E-state index in [2.05, 4.69) is 0 Å². The third-order valence-corrected chi connectivity index (χ3v) is 8.81. The maximum Gasteiger partial charge on any atom is 0.340 e. The molecule has 4 aliphatic rings. The van der Waals surface area contributed by atoms with E-state index in [1.807, 2.05) is 19.6 Å². The molecule has 0 spiro atoms. The van der Waals surface area contributed by atoms with Crippen LogP contribution >= 0.6 is 0 Å². The van der Waals surface area contributed by atoms with Gasteiger partial charge in [0.05, 0.1) is 8.07 Å². The Morgan fingerprint density at radius 1 is 0.541 bits per heavy atom. The van der Waals surface area contributed by atoms with Crippen LogP contribution in [0.4, 0.5) is 22.0 Å². The molecule has 0 aromatic heterocycles. The van der Waals surface area contributed by atoms with E-state index in [0.29, 0.717) is 21.9 Å². The molecule has 4 bridgehead atoms. The standard InChI is InChI=1S/C31H25F5Si/c1-37(2,3)29-22-14-17-27(26(18-22)21-12-8-5-9-13-21)31(35,36)30(33,34)23-15-16-24(28(29)32)25(19-23)20-10-6-4-7-11-20/h4-19H,1-3H3/b29-28-. The molecule has 0 nitrogen and oxygen atoms in total. The molecule has 0 saturated heterocycles. The molecule has 6 heteroatoms. The van der Waals surface area contributed by atoms with Crippen LogP contribution in [0.3, 0.4) is 0 Å². The van der Waals surface area contributed by atoms with Crippen LogP contribution in [0.25, 0.3) is 33.3 Å². The van der Waals surface area contributed by atoms with Crippen LogP contribution in [0.2, 0.25) is 19.6 Å². The van der Waals surface area contributed by atoms with Crippen LogP contribution in [0.1, 0.15) is 22.3 Å². The highest BCUT2D eigenvalue weighted by Crippen LogP contribution is 2.54. The average molecular weight is 521 g/mol. The summed E-state index contributed by atoms with van der Waals surface area (Å²) >= 11 is 0. The zero-order valence-electron chi connectivity index (χ0n) is 20.6. The molecular weight excluding hydrogens is 495 g/mol. The zero-order valence-corrected chi connectivity index (χ0v) is 21.6. The molecule has 4 aromatic rings. The average Bonchev–Trinajstić information content (AvgIpc) is 2.88. The van der Waals surface area contributed by atoms with Crippen LogP contribution in [0.5, 0.6) is 0 Å². The quantitative estimate of drug-likeness (QED) is 0.186. The zero-order chi connectivity index (χ0) is 26.6. The summed E-state index contributed by atoms with van der Waals surface area (Å²) in [6.07, 6.45) is 0. The number of halogens is 5. The lowest BCUT2D eigenvalue weighted by Crippen LogP contribution is -2.36. The van der Waals surface area contributed by atoms with E-state index in [0.717, 1.165) is 18.2 Å². The molecule has 0 unspecified atom stereocenters. The molecule has 0 aliphatic heterocycles. The lowest BCUT2D eigenvalue weighted by atomic mass is 9.85. The Morgan fingerprint density at radius 3 is 1.68 bits per heavy atom. The fourth-order valence-electron chi connectivity index (χ4n) is 4.99. The molecule has 8 rings (SSSR count). The summed E-state index contributed by atoms with van der Waals surface area (Å²) in [6, 6.07) is 23.7. The van der Waals surface area contributed by atoms with Gasteiger partial charge in [0.15, 0.2) is 0 Å². The van der Waals surface area contributed by atoms with Gasteiger partial charge < -0.3 is 0 Å². The maximum absolute atomic E-state index is 16.6. The fourth-order valence-corrected chi connectivity index (χ4v) is 6.81. The Kier molecular flexibility index (Phi) is 5.98. The Bertz CT molecular complexity index is 1500. The van der Waals surface area contributed by atoms with E-state index in [1.165, 1.54) is 18.2 Å². The molecule has 0 saturated carbocycles. The van der Waals surface area contributed by atoms with Gasteiger partial charge in [-0.1, -0.05) is 105 Å². The van der Waals surface area contributed by atoms with E-state index >= 15 is 22.0 Å². The van der Waals surface area contributed by atoms with Gasteiger partial charge in [0.2, 0.25) is 0 Å². The molecule has 0 heterocycles. The van der Waals surface area contributed by atoms with Crippen molar-refractivity contribution in [3.05, 3.63) is 119 Å². The second-order valence-electron chi connectivity index (χ2n) is 10.3. The summed E-state index contributed by atoms with van der Waals surface area (Å²) < 4.78 is 80.0. The first-order chi connectivity index (χ1) is 17.4. The van der Waals surface area contributed by atoms with Crippen molar-refractivity contribution < 1.29 is 22.0 Å². The molecule has 188 valence electrons. The van der Waals surface area contributed by atoms with Crippen LogP contribution in [-0.4, -0.2) is 8.07 Å². The molecule has 0 N–H and O–H groups in total. The van der Waals surface area contributed by atoms with E-state index in [1.54, 1.807) is 60.7 Å². The van der Waals surface area contributed by atoms with Gasteiger partial charge in [-0.25, -0.2) is 4.39 Å². The Hall–Kier alpha value is -3.51. The number of benzene rings is 4. The van der Waals surface area contributed by atoms with Gasteiger partial charge in [-0.15, -0.1) is 0 Å². The van der Waals surface area contributed by atoms with Crippen molar-refractivity contribution in [2.24, 2.45) is 0 Å². The summed E-state index contributed by atoms with van der Waals surface area (Å²) in [7, 11) is -2.43. The van der Waals surface area contributed by atoms with Gasteiger partial charge in [0.1, 0.15) is 5.83 Å². The molecule has 0 amide bonds. The number of hydrogen-bond donors (Lipinski definition) is 0. The van der Waals surface area contributed by atoms with Crippen molar-refractivity contribution in [2.75, 3.05) is 0 Å². The highest BCUT2D eigenvalue weighted by atomic mass is 28.3. The van der Waals surface area contributed by atoms with Gasteiger partial charge in [0, 0.05) is 16.7 Å². The molecule has 4 aliphatic carbocycles. The van der Waals surface area contributed by atoms with E-state index < -0.39 is 36.9 Å². The number of alkyl halides is 4. The number of rotatable bonds is 3. The highest BCUT2D eigenvalue weighted by Gasteiger charge is 2.59. The molecule has 37 heavy (non-hydrogen) atoms. The van der Waals surface area contributed by atoms with Crippen molar-refractivity contribution in [3.63, 3.8) is 0 Å². The minimum absolute atomic E-state index is 0.0374. The first kappa shape index (κ1) is 25.1. The van der Waals surface area contributed by atoms with Crippen molar-refractivity contribution in [1.29, 1.82) is 0 Å². The molecule has 0 atom stereocenters. The van der Waals surface area contributed by atoms with Crippen LogP contribution < -0.4 is 0 Å². The van der Waals surface area contributed by atoms with Crippen LogP contribution in [0.15, 0.2) is 97.1 Å². The van der Waals surface area contributed by atoms with Gasteiger partial charge in [-0.2, -0.15) is 17.6 Å². The monoisotopic (exact) mass is 520 g/mol. The summed E-state index contributed by atoms with van der Waals surface area (Å²) in [5.74, 6) is -9.61. The third kappa shape index (κ3) is 4.13. The second-order valence-corrected chi connectivity index (χ2v) is 15.3. The van der Waals surface area contributed by atoms with Gasteiger partial charge in [-0.3, -0.25) is 0 Å². The lowest BCUT2D eigenvalue weighted by molar-refractivity contribution is -0.223. The highest BCUT2D eigenvalue weighted by molar-refractivity contribution is 6.94. The van der Waals surface area contributed by atoms with E-state index in [4.69, 9.17) is 0 Å². The van der Waals surface area contributed by atoms with Crippen molar-refractivity contribution >= 4 is 19.1 Å². The molecule has 4 aromatic carbocycles. The summed E-state index contributed by atoms with van der Waals surface area (Å²) in [5.41, 5.74) is -0.190. The van der Waals surface area contributed by atoms with Crippen molar-refractivity contribution in [3.8, 4) is 22.3 Å². The lowest BCUT2D eigenvalue weighted by Gasteiger charge is -2.32. The molecule has 0 fully saturated rings. The SMILES string of the molecule is C[Si](C)(C)/C1=C(\F)c2ccc(cc2-c2ccccc2)C(F)(F)C(F)(F)c2ccc1cc2-c1ccccc1. The first-order valence-electron chi connectivity index (χ1n) is 12.0. The number of hydrogen-bond acceptors (Lipinski definition) is 0. The van der Waals surface area contributed by atoms with Gasteiger partial charge in [-0.05, 0) is 45.1 Å². The van der Waals surface area contributed by atoms with Crippen LogP contribution in [0, 0.1) is 0 Å². The van der Waals surface area contributed by atoms with Gasteiger partial charge in [0.25, 0.3) is 0 Å². The predicted molar refractivity (Wildman–Crippen MR) is 143 cm³/mol. The normalized spacial score (nSPS) is 18.4. The minimum Gasteiger partial charge on any atom is -0.206 e. The van der Waals surface area contributed by atoms with Gasteiger partial charge >= 0.3 is 11.8 Å².